The number of aliphatic hydroxyl groups is 1. The molecular formula is C31H38N4O4. The summed E-state index contributed by atoms with van der Waals surface area (Å²) in [5.41, 5.74) is 10.3. The van der Waals surface area contributed by atoms with Crippen LogP contribution in [0.2, 0.25) is 0 Å². The van der Waals surface area contributed by atoms with Gasteiger partial charge in [0.25, 0.3) is 5.91 Å². The first kappa shape index (κ1) is 25.9. The zero-order valence-corrected chi connectivity index (χ0v) is 22.9. The fourth-order valence-electron chi connectivity index (χ4n) is 6.58. The molecule has 1 unspecified atom stereocenters. The number of fused-ring (bicyclic) bond motifs is 4. The molecule has 0 spiro atoms. The highest BCUT2D eigenvalue weighted by molar-refractivity contribution is 5.95. The minimum absolute atomic E-state index is 0.186. The number of ether oxygens (including phenoxy) is 2. The molecule has 5 aliphatic heterocycles. The third-order valence-corrected chi connectivity index (χ3v) is 8.88. The number of nitrogens with zero attached hydrogens (tertiary/aromatic N) is 2. The molecule has 5 heterocycles. The highest BCUT2D eigenvalue weighted by Gasteiger charge is 2.42. The lowest BCUT2D eigenvalue weighted by atomic mass is 9.84. The number of carbonyl (C=O) groups is 1. The largest absolute Gasteiger partial charge is 0.493 e. The Bertz CT molecular complexity index is 1350. The van der Waals surface area contributed by atoms with Gasteiger partial charge in [-0.25, -0.2) is 4.99 Å². The number of nitrogens with one attached hydrogen (secondary N) is 1. The maximum Gasteiger partial charge on any atom is 0.251 e. The number of allylic oxidation sites excluding steroid dienone is 1. The van der Waals surface area contributed by atoms with Gasteiger partial charge in [0.2, 0.25) is 0 Å². The predicted molar refractivity (Wildman–Crippen MR) is 150 cm³/mol. The van der Waals surface area contributed by atoms with Crippen LogP contribution in [0.4, 0.5) is 0 Å². The molecule has 0 saturated heterocycles. The van der Waals surface area contributed by atoms with E-state index in [-0.39, 0.29) is 18.0 Å². The normalized spacial score (nSPS) is 30.4. The Morgan fingerprint density at radius 3 is 2.85 bits per heavy atom. The van der Waals surface area contributed by atoms with Crippen molar-refractivity contribution in [2.24, 2.45) is 10.7 Å². The summed E-state index contributed by atoms with van der Waals surface area (Å²) >= 11 is 0. The Kier molecular flexibility index (Phi) is 6.43. The van der Waals surface area contributed by atoms with E-state index < -0.39 is 17.4 Å². The molecule has 6 bridgehead atoms. The van der Waals surface area contributed by atoms with Crippen molar-refractivity contribution < 1.29 is 19.4 Å². The smallest absolute Gasteiger partial charge is 0.251 e. The second-order valence-corrected chi connectivity index (χ2v) is 11.7. The second-order valence-electron chi connectivity index (χ2n) is 11.7. The molecular weight excluding hydrogens is 492 g/mol. The third kappa shape index (κ3) is 4.59. The molecule has 0 aliphatic carbocycles. The van der Waals surface area contributed by atoms with Gasteiger partial charge in [0.15, 0.2) is 5.96 Å². The van der Waals surface area contributed by atoms with Crippen molar-refractivity contribution in [3.05, 3.63) is 70.3 Å². The number of carbonyl (C=O) groups excluding carboxylic acids is 1. The molecule has 2 aromatic carbocycles. The van der Waals surface area contributed by atoms with Crippen molar-refractivity contribution in [1.82, 2.24) is 10.2 Å². The monoisotopic (exact) mass is 530 g/mol. The number of aliphatic imine (C=N–C) groups is 1. The Balaban J connectivity index is 1.46. The Morgan fingerprint density at radius 2 is 2.05 bits per heavy atom. The van der Waals surface area contributed by atoms with Gasteiger partial charge in [0.1, 0.15) is 12.0 Å². The summed E-state index contributed by atoms with van der Waals surface area (Å²) in [6.45, 7) is 7.13. The van der Waals surface area contributed by atoms with Crippen molar-refractivity contribution in [2.75, 3.05) is 13.2 Å². The molecule has 0 saturated carbocycles. The summed E-state index contributed by atoms with van der Waals surface area (Å²) in [5, 5.41) is 14.6. The Hall–Kier alpha value is -3.36. The van der Waals surface area contributed by atoms with E-state index in [2.05, 4.69) is 56.4 Å². The zero-order chi connectivity index (χ0) is 27.4. The predicted octanol–water partition coefficient (Wildman–Crippen LogP) is 4.54. The standard InChI is InChI=1S/C31H38N4O4/c1-4-31-13-6-5-7-19-8-10-23-21(15-19)24(18-39-30(23,2)3)33-28(37)20-9-11-26-22(16-20)25(12-14-38-26)35(27(36)17-31)29(32)34-31/h5,7-11,15-16,24-25,27,36H,4,6,12-14,17-18H2,1-3H3,(H2,32,34)(H,33,37)/b7-5-/t24-,25+,27?,31+/m0/s1. The van der Waals surface area contributed by atoms with E-state index in [0.29, 0.717) is 43.3 Å². The van der Waals surface area contributed by atoms with Gasteiger partial charge in [-0.1, -0.05) is 31.2 Å². The number of nitrogens with two attached hydrogens (primary N) is 1. The lowest BCUT2D eigenvalue weighted by Crippen LogP contribution is -2.55. The van der Waals surface area contributed by atoms with E-state index in [1.54, 1.807) is 6.07 Å². The first-order valence-electron chi connectivity index (χ1n) is 14.0. The molecule has 0 radical (unpaired) electrons. The van der Waals surface area contributed by atoms with Crippen molar-refractivity contribution in [2.45, 2.75) is 82.3 Å². The van der Waals surface area contributed by atoms with Gasteiger partial charge in [0.05, 0.1) is 36.4 Å². The SMILES string of the molecule is CC[C@]12CC/C=C\c3ccc4c(c3)[C@H](COC4(C)C)NC(=O)c3ccc4c(c3)[C@@H](CCO4)N(C(N)=N1)C(O)C2. The van der Waals surface area contributed by atoms with Crippen LogP contribution in [0.1, 0.15) is 97.6 Å². The quantitative estimate of drug-likeness (QED) is 0.500. The van der Waals surface area contributed by atoms with Crippen LogP contribution in [0, 0.1) is 0 Å². The highest BCUT2D eigenvalue weighted by atomic mass is 16.5. The molecule has 206 valence electrons. The fraction of sp³-hybridized carbons (Fsp3) is 0.484. The molecule has 5 aliphatic rings. The Morgan fingerprint density at radius 1 is 1.21 bits per heavy atom. The van der Waals surface area contributed by atoms with Crippen LogP contribution in [-0.4, -0.2) is 46.9 Å². The summed E-state index contributed by atoms with van der Waals surface area (Å²) in [4.78, 5) is 20.4. The van der Waals surface area contributed by atoms with E-state index in [0.717, 1.165) is 41.5 Å². The highest BCUT2D eigenvalue weighted by Crippen LogP contribution is 2.42. The topological polar surface area (TPSA) is 109 Å². The Labute approximate surface area is 229 Å². The van der Waals surface area contributed by atoms with E-state index >= 15 is 0 Å². The van der Waals surface area contributed by atoms with Crippen LogP contribution >= 0.6 is 0 Å². The van der Waals surface area contributed by atoms with Crippen LogP contribution in [0.25, 0.3) is 6.08 Å². The average Bonchev–Trinajstić information content (AvgIpc) is 2.91. The molecule has 8 heteroatoms. The van der Waals surface area contributed by atoms with Gasteiger partial charge in [0, 0.05) is 24.0 Å². The van der Waals surface area contributed by atoms with Gasteiger partial charge >= 0.3 is 0 Å². The van der Waals surface area contributed by atoms with Gasteiger partial charge in [-0.3, -0.25) is 4.79 Å². The van der Waals surface area contributed by atoms with E-state index in [1.165, 1.54) is 0 Å². The number of guanidine groups is 1. The first-order chi connectivity index (χ1) is 18.7. The molecule has 0 fully saturated rings. The van der Waals surface area contributed by atoms with Crippen LogP contribution in [-0.2, 0) is 10.3 Å². The lowest BCUT2D eigenvalue weighted by molar-refractivity contribution is -0.0462. The molecule has 2 aromatic rings. The summed E-state index contributed by atoms with van der Waals surface area (Å²) in [6, 6.07) is 11.3. The number of rotatable bonds is 1. The molecule has 8 nitrogen and oxygen atoms in total. The van der Waals surface area contributed by atoms with Crippen molar-refractivity contribution >= 4 is 17.9 Å². The third-order valence-electron chi connectivity index (χ3n) is 8.88. The average molecular weight is 531 g/mol. The molecule has 0 aromatic heterocycles. The fourth-order valence-corrected chi connectivity index (χ4v) is 6.58. The molecule has 7 rings (SSSR count). The summed E-state index contributed by atoms with van der Waals surface area (Å²) in [6.07, 6.45) is 7.04. The van der Waals surface area contributed by atoms with Gasteiger partial charge < -0.3 is 30.5 Å². The number of hydrogen-bond acceptors (Lipinski definition) is 7. The van der Waals surface area contributed by atoms with Crippen LogP contribution in [0.5, 0.6) is 5.75 Å². The van der Waals surface area contributed by atoms with Crippen LogP contribution in [0.15, 0.2) is 47.5 Å². The zero-order valence-electron chi connectivity index (χ0n) is 22.9. The molecule has 4 N–H and O–H groups in total. The van der Waals surface area contributed by atoms with Crippen LogP contribution < -0.4 is 15.8 Å². The number of amides is 1. The molecule has 39 heavy (non-hydrogen) atoms. The van der Waals surface area contributed by atoms with Crippen LogP contribution in [0.3, 0.4) is 0 Å². The van der Waals surface area contributed by atoms with Crippen molar-refractivity contribution in [3.63, 3.8) is 0 Å². The minimum Gasteiger partial charge on any atom is -0.493 e. The minimum atomic E-state index is -0.781. The van der Waals surface area contributed by atoms with Crippen molar-refractivity contribution in [1.29, 1.82) is 0 Å². The number of hydrogen-bond donors (Lipinski definition) is 3. The molecule has 4 atom stereocenters. The lowest BCUT2D eigenvalue weighted by Gasteiger charge is -2.46. The number of aliphatic hydroxyl groups excluding tert-OH is 1. The van der Waals surface area contributed by atoms with Gasteiger partial charge in [-0.15, -0.1) is 0 Å². The summed E-state index contributed by atoms with van der Waals surface area (Å²) in [5.74, 6) is 0.859. The summed E-state index contributed by atoms with van der Waals surface area (Å²) < 4.78 is 12.1. The number of benzene rings is 2. The molecule has 1 amide bonds. The summed E-state index contributed by atoms with van der Waals surface area (Å²) in [7, 11) is 0. The maximum atomic E-state index is 13.6. The second kappa shape index (κ2) is 9.68. The van der Waals surface area contributed by atoms with E-state index in [9.17, 15) is 9.90 Å². The van der Waals surface area contributed by atoms with E-state index in [4.69, 9.17) is 20.2 Å². The van der Waals surface area contributed by atoms with Gasteiger partial charge in [-0.05, 0) is 74.1 Å². The maximum absolute atomic E-state index is 13.6. The van der Waals surface area contributed by atoms with Crippen molar-refractivity contribution in [3.8, 4) is 5.75 Å². The van der Waals surface area contributed by atoms with E-state index in [1.807, 2.05) is 17.0 Å². The first-order valence-corrected chi connectivity index (χ1v) is 14.0. The van der Waals surface area contributed by atoms with Gasteiger partial charge in [-0.2, -0.15) is 0 Å².